The highest BCUT2D eigenvalue weighted by Crippen LogP contribution is 2.36. The summed E-state index contributed by atoms with van der Waals surface area (Å²) in [5, 5.41) is 6.73. The molecule has 2 amide bonds. The number of thiol groups is 1. The second kappa shape index (κ2) is 7.14. The van der Waals surface area contributed by atoms with E-state index in [9.17, 15) is 4.79 Å². The highest BCUT2D eigenvalue weighted by Gasteiger charge is 2.26. The smallest absolute Gasteiger partial charge is 0.314 e. The molecule has 4 heteroatoms. The maximum atomic E-state index is 11.4. The zero-order chi connectivity index (χ0) is 12.8. The van der Waals surface area contributed by atoms with Crippen molar-refractivity contribution >= 4 is 16.9 Å². The summed E-state index contributed by atoms with van der Waals surface area (Å²) in [5.41, 5.74) is 0. The van der Waals surface area contributed by atoms with Crippen LogP contribution in [-0.2, 0) is 0 Å². The molecule has 0 spiro atoms. The van der Waals surface area contributed by atoms with E-state index in [0.29, 0.717) is 12.6 Å². The number of hydrogen-bond acceptors (Lipinski definition) is 1. The molecule has 1 aliphatic rings. The van der Waals surface area contributed by atoms with Gasteiger partial charge in [-0.25, -0.2) is 4.79 Å². The number of amides is 2. The van der Waals surface area contributed by atoms with Crippen molar-refractivity contribution in [2.45, 2.75) is 50.8 Å². The first-order valence-corrected chi connectivity index (χ1v) is 9.06. The van der Waals surface area contributed by atoms with Gasteiger partial charge < -0.3 is 10.6 Å². The Bertz CT molecular complexity index is 238. The van der Waals surface area contributed by atoms with Crippen molar-refractivity contribution in [2.24, 2.45) is 5.92 Å². The van der Waals surface area contributed by atoms with E-state index in [4.69, 9.17) is 0 Å². The Kier molecular flexibility index (Phi) is 6.17. The van der Waals surface area contributed by atoms with Gasteiger partial charge in [0.05, 0.1) is 0 Å². The van der Waals surface area contributed by atoms with E-state index < -0.39 is 0 Å². The molecule has 1 rings (SSSR count). The quantitative estimate of drug-likeness (QED) is 0.668. The van der Waals surface area contributed by atoms with E-state index >= 15 is 0 Å². The van der Waals surface area contributed by atoms with E-state index in [1.54, 1.807) is 0 Å². The molecule has 1 aliphatic carbocycles. The minimum absolute atomic E-state index is 0.00256. The third-order valence-electron chi connectivity index (χ3n) is 3.94. The van der Waals surface area contributed by atoms with Crippen LogP contribution in [0.15, 0.2) is 0 Å². The molecule has 0 heterocycles. The third kappa shape index (κ3) is 4.78. The molecule has 102 valence electrons. The molecule has 0 bridgehead atoms. The first-order chi connectivity index (χ1) is 8.04. The Morgan fingerprint density at radius 2 is 1.88 bits per heavy atom. The van der Waals surface area contributed by atoms with Gasteiger partial charge in [0, 0.05) is 12.6 Å². The standard InChI is InChI=1S/C13H28N2OS/c1-5-14-13(16)15-12-8-6-11(7-9-12)10(2)17(3)4/h10-12,17H,5-9H2,1-4H3,(H2,14,15,16)/t10?,11-,12+. The number of carbonyl (C=O) groups excluding carboxylic acids is 1. The first-order valence-electron chi connectivity index (χ1n) is 6.75. The topological polar surface area (TPSA) is 41.1 Å². The third-order valence-corrected chi connectivity index (χ3v) is 5.99. The Morgan fingerprint density at radius 3 is 2.35 bits per heavy atom. The maximum absolute atomic E-state index is 11.4. The summed E-state index contributed by atoms with van der Waals surface area (Å²) in [6.07, 6.45) is 9.60. The molecule has 1 saturated carbocycles. The van der Waals surface area contributed by atoms with Crippen molar-refractivity contribution in [3.05, 3.63) is 0 Å². The van der Waals surface area contributed by atoms with E-state index in [-0.39, 0.29) is 16.9 Å². The van der Waals surface area contributed by atoms with Crippen molar-refractivity contribution in [1.82, 2.24) is 10.6 Å². The summed E-state index contributed by atoms with van der Waals surface area (Å²) in [6.45, 7) is 5.05. The molecule has 1 fully saturated rings. The lowest BCUT2D eigenvalue weighted by molar-refractivity contribution is 0.227. The molecule has 17 heavy (non-hydrogen) atoms. The minimum atomic E-state index is -0.00256. The molecule has 1 unspecified atom stereocenters. The second-order valence-corrected chi connectivity index (χ2v) is 8.06. The van der Waals surface area contributed by atoms with Crippen molar-refractivity contribution in [2.75, 3.05) is 19.1 Å². The van der Waals surface area contributed by atoms with Crippen LogP contribution >= 0.6 is 10.9 Å². The summed E-state index contributed by atoms with van der Waals surface area (Å²) in [4.78, 5) is 11.4. The fourth-order valence-corrected chi connectivity index (χ4v) is 3.71. The average Bonchev–Trinajstić information content (AvgIpc) is 2.29. The second-order valence-electron chi connectivity index (χ2n) is 5.32. The molecule has 1 atom stereocenters. The molecule has 3 nitrogen and oxygen atoms in total. The Balaban J connectivity index is 2.28. The van der Waals surface area contributed by atoms with E-state index in [0.717, 1.165) is 24.0 Å². The molecule has 0 aromatic heterocycles. The van der Waals surface area contributed by atoms with Gasteiger partial charge in [-0.3, -0.25) is 10.9 Å². The average molecular weight is 260 g/mol. The van der Waals surface area contributed by atoms with Crippen LogP contribution in [0.1, 0.15) is 39.5 Å². The van der Waals surface area contributed by atoms with Gasteiger partial charge >= 0.3 is 6.03 Å². The molecule has 2 N–H and O–H groups in total. The lowest BCUT2D eigenvalue weighted by Crippen LogP contribution is -2.44. The molecule has 0 aromatic carbocycles. The zero-order valence-electron chi connectivity index (χ0n) is 11.6. The van der Waals surface area contributed by atoms with E-state index in [1.165, 1.54) is 12.8 Å². The van der Waals surface area contributed by atoms with Crippen molar-refractivity contribution in [3.8, 4) is 0 Å². The largest absolute Gasteiger partial charge is 0.338 e. The summed E-state index contributed by atoms with van der Waals surface area (Å²) in [5.74, 6) is 0.878. The van der Waals surface area contributed by atoms with Gasteiger partial charge in [-0.05, 0) is 56.3 Å². The fourth-order valence-electron chi connectivity index (χ4n) is 2.56. The maximum Gasteiger partial charge on any atom is 0.314 e. The number of nitrogens with one attached hydrogen (secondary N) is 2. The predicted molar refractivity (Wildman–Crippen MR) is 78.3 cm³/mol. The van der Waals surface area contributed by atoms with E-state index in [1.807, 2.05) is 6.92 Å². The van der Waals surface area contributed by atoms with Crippen molar-refractivity contribution in [3.63, 3.8) is 0 Å². The highest BCUT2D eigenvalue weighted by molar-refractivity contribution is 8.16. The SMILES string of the molecule is CCNC(=O)N[C@H]1CC[C@@H](C(C)[SH](C)C)CC1. The molecular formula is C13H28N2OS. The van der Waals surface area contributed by atoms with Gasteiger partial charge in [0.15, 0.2) is 0 Å². The molecule has 0 aliphatic heterocycles. The van der Waals surface area contributed by atoms with Gasteiger partial charge in [0.1, 0.15) is 0 Å². The minimum Gasteiger partial charge on any atom is -0.338 e. The van der Waals surface area contributed by atoms with Crippen molar-refractivity contribution < 1.29 is 4.79 Å². The molecular weight excluding hydrogens is 232 g/mol. The van der Waals surface area contributed by atoms with E-state index in [2.05, 4.69) is 30.1 Å². The summed E-state index contributed by atoms with van der Waals surface area (Å²) >= 11 is 0. The predicted octanol–water partition coefficient (Wildman–Crippen LogP) is 2.51. The highest BCUT2D eigenvalue weighted by atomic mass is 32.2. The van der Waals surface area contributed by atoms with Crippen LogP contribution in [-0.4, -0.2) is 36.4 Å². The number of hydrogen-bond donors (Lipinski definition) is 3. The summed E-state index contributed by atoms with van der Waals surface area (Å²) < 4.78 is 0. The Hall–Kier alpha value is -0.380. The van der Waals surface area contributed by atoms with Crippen LogP contribution < -0.4 is 10.6 Å². The lowest BCUT2D eigenvalue weighted by atomic mass is 9.84. The van der Waals surface area contributed by atoms with Gasteiger partial charge in [-0.15, -0.1) is 0 Å². The Labute approximate surface area is 108 Å². The van der Waals surface area contributed by atoms with Gasteiger partial charge in [-0.1, -0.05) is 6.92 Å². The first kappa shape index (κ1) is 14.7. The van der Waals surface area contributed by atoms with Crippen LogP contribution in [0.3, 0.4) is 0 Å². The Morgan fingerprint density at radius 1 is 1.29 bits per heavy atom. The van der Waals surface area contributed by atoms with Gasteiger partial charge in [0.25, 0.3) is 0 Å². The van der Waals surface area contributed by atoms with Crippen LogP contribution in [0, 0.1) is 5.92 Å². The van der Waals surface area contributed by atoms with Crippen LogP contribution in [0.4, 0.5) is 4.79 Å². The number of urea groups is 1. The van der Waals surface area contributed by atoms with Gasteiger partial charge in [0.2, 0.25) is 0 Å². The summed E-state index contributed by atoms with van der Waals surface area (Å²) in [6, 6.07) is 0.391. The zero-order valence-corrected chi connectivity index (χ0v) is 12.5. The van der Waals surface area contributed by atoms with Gasteiger partial charge in [-0.2, -0.15) is 0 Å². The van der Waals surface area contributed by atoms with Crippen LogP contribution in [0.25, 0.3) is 0 Å². The van der Waals surface area contributed by atoms with Crippen LogP contribution in [0.2, 0.25) is 0 Å². The fraction of sp³-hybridized carbons (Fsp3) is 0.923. The molecule has 0 radical (unpaired) electrons. The number of carbonyl (C=O) groups is 1. The number of rotatable bonds is 4. The summed E-state index contributed by atoms with van der Waals surface area (Å²) in [7, 11) is 0.179. The molecule has 0 aromatic rings. The van der Waals surface area contributed by atoms with Crippen LogP contribution in [0.5, 0.6) is 0 Å². The van der Waals surface area contributed by atoms with Crippen molar-refractivity contribution in [1.29, 1.82) is 0 Å². The molecule has 0 saturated heterocycles. The normalized spacial score (nSPS) is 27.2. The monoisotopic (exact) mass is 260 g/mol. The lowest BCUT2D eigenvalue weighted by Gasteiger charge is -2.35.